The molecule has 0 aromatic heterocycles. The van der Waals surface area contributed by atoms with Gasteiger partial charge in [0.25, 0.3) is 12.0 Å². The van der Waals surface area contributed by atoms with E-state index in [-0.39, 0.29) is 0 Å². The van der Waals surface area contributed by atoms with Crippen LogP contribution in [0.2, 0.25) is 0 Å². The lowest BCUT2D eigenvalue weighted by Gasteiger charge is -2.18. The van der Waals surface area contributed by atoms with E-state index in [1.54, 1.807) is 0 Å². The molecule has 0 saturated heterocycles. The largest absolute Gasteiger partial charge is 0.455 e. The zero-order valence-corrected chi connectivity index (χ0v) is 6.19. The van der Waals surface area contributed by atoms with E-state index in [1.807, 2.05) is 0 Å². The van der Waals surface area contributed by atoms with Crippen molar-refractivity contribution >= 4 is 5.84 Å². The van der Waals surface area contributed by atoms with Gasteiger partial charge in [-0.1, -0.05) is 0 Å². The minimum Gasteiger partial charge on any atom is -0.274 e. The van der Waals surface area contributed by atoms with Crippen LogP contribution in [0.5, 0.6) is 0 Å². The molecule has 0 amide bonds. The Balaban J connectivity index is 2.72. The van der Waals surface area contributed by atoms with Gasteiger partial charge in [0.1, 0.15) is 0 Å². The first-order valence-corrected chi connectivity index (χ1v) is 3.09. The zero-order chi connectivity index (χ0) is 11.0. The number of hydrazone groups is 1. The minimum atomic E-state index is -4.91. The molecule has 1 heterocycles. The molecule has 4 nitrogen and oxygen atoms in total. The van der Waals surface area contributed by atoms with Crippen LogP contribution in [0.15, 0.2) is 15.3 Å². The van der Waals surface area contributed by atoms with E-state index in [2.05, 4.69) is 15.3 Å². The Morgan fingerprint density at radius 3 is 1.93 bits per heavy atom. The van der Waals surface area contributed by atoms with Crippen molar-refractivity contribution in [3.63, 3.8) is 0 Å². The third-order valence-corrected chi connectivity index (χ3v) is 1.12. The van der Waals surface area contributed by atoms with Crippen LogP contribution in [0, 0.1) is 0 Å². The molecule has 0 aromatic rings. The Hall–Kier alpha value is -1.35. The highest BCUT2D eigenvalue weighted by molar-refractivity contribution is 5.87. The van der Waals surface area contributed by atoms with E-state index in [9.17, 15) is 26.3 Å². The maximum atomic E-state index is 11.8. The molecule has 1 aliphatic rings. The van der Waals surface area contributed by atoms with Crippen LogP contribution in [0.4, 0.5) is 26.3 Å². The molecule has 0 spiro atoms. The molecule has 1 atom stereocenters. The summed E-state index contributed by atoms with van der Waals surface area (Å²) >= 11 is 0. The molecule has 1 unspecified atom stereocenters. The molecule has 0 radical (unpaired) electrons. The van der Waals surface area contributed by atoms with Crippen molar-refractivity contribution in [1.29, 1.82) is 0 Å². The highest BCUT2D eigenvalue weighted by atomic mass is 19.4. The van der Waals surface area contributed by atoms with Gasteiger partial charge in [-0.25, -0.2) is 0 Å². The smallest absolute Gasteiger partial charge is 0.274 e. The van der Waals surface area contributed by atoms with E-state index >= 15 is 0 Å². The van der Waals surface area contributed by atoms with Crippen molar-refractivity contribution in [2.75, 3.05) is 0 Å². The van der Waals surface area contributed by atoms with Gasteiger partial charge in [0.2, 0.25) is 0 Å². The van der Waals surface area contributed by atoms with Crippen molar-refractivity contribution in [1.82, 2.24) is 5.43 Å². The first-order valence-electron chi connectivity index (χ1n) is 3.09. The van der Waals surface area contributed by atoms with E-state index in [1.165, 1.54) is 5.43 Å². The lowest BCUT2D eigenvalue weighted by atomic mass is 10.5. The molecule has 0 aromatic carbocycles. The van der Waals surface area contributed by atoms with Crippen LogP contribution >= 0.6 is 0 Å². The van der Waals surface area contributed by atoms with Gasteiger partial charge in [0.05, 0.1) is 0 Å². The summed E-state index contributed by atoms with van der Waals surface area (Å²) in [7, 11) is 0. The quantitative estimate of drug-likeness (QED) is 0.621. The maximum absolute atomic E-state index is 11.8. The molecule has 14 heavy (non-hydrogen) atoms. The average molecular weight is 220 g/mol. The van der Waals surface area contributed by atoms with Crippen LogP contribution in [0.3, 0.4) is 0 Å². The van der Waals surface area contributed by atoms with Crippen molar-refractivity contribution < 1.29 is 26.3 Å². The summed E-state index contributed by atoms with van der Waals surface area (Å²) in [6, 6.07) is 0. The molecule has 10 heteroatoms. The highest BCUT2D eigenvalue weighted by Gasteiger charge is 2.45. The summed E-state index contributed by atoms with van der Waals surface area (Å²) in [6.07, 6.45) is -12.2. The number of nitrogens with zero attached hydrogens (tertiary/aromatic N) is 3. The Kier molecular flexibility index (Phi) is 2.37. The van der Waals surface area contributed by atoms with Gasteiger partial charge in [-0.05, 0) is 0 Å². The number of amidine groups is 1. The van der Waals surface area contributed by atoms with Crippen molar-refractivity contribution in [3.05, 3.63) is 0 Å². The van der Waals surface area contributed by atoms with E-state index in [0.29, 0.717) is 0 Å². The fraction of sp³-hybridized carbons (Fsp3) is 0.750. The third kappa shape index (κ3) is 2.33. The van der Waals surface area contributed by atoms with Crippen molar-refractivity contribution in [2.24, 2.45) is 15.3 Å². The number of rotatable bonds is 0. The Morgan fingerprint density at radius 2 is 1.64 bits per heavy atom. The van der Waals surface area contributed by atoms with E-state index in [4.69, 9.17) is 0 Å². The first-order chi connectivity index (χ1) is 6.21. The van der Waals surface area contributed by atoms with Gasteiger partial charge < -0.3 is 0 Å². The summed E-state index contributed by atoms with van der Waals surface area (Å²) in [6.45, 7) is 0. The maximum Gasteiger partial charge on any atom is 0.455 e. The molecule has 0 aliphatic carbocycles. The highest BCUT2D eigenvalue weighted by Crippen LogP contribution is 2.25. The summed E-state index contributed by atoms with van der Waals surface area (Å²) in [5.41, 5.74) is 1.20. The summed E-state index contributed by atoms with van der Waals surface area (Å²) < 4.78 is 70.7. The Bertz CT molecular complexity index is 275. The van der Waals surface area contributed by atoms with Gasteiger partial charge >= 0.3 is 12.4 Å². The van der Waals surface area contributed by atoms with Gasteiger partial charge in [0, 0.05) is 0 Å². The van der Waals surface area contributed by atoms with Gasteiger partial charge in [-0.15, -0.1) is 5.11 Å². The first kappa shape index (κ1) is 10.7. The number of hydrogen-bond donors (Lipinski definition) is 1. The third-order valence-electron chi connectivity index (χ3n) is 1.12. The van der Waals surface area contributed by atoms with E-state index in [0.717, 1.165) is 0 Å². The molecule has 1 aliphatic heterocycles. The second-order valence-corrected chi connectivity index (χ2v) is 2.22. The number of nitrogens with one attached hydrogen (secondary N) is 1. The van der Waals surface area contributed by atoms with Crippen LogP contribution in [-0.4, -0.2) is 24.4 Å². The zero-order valence-electron chi connectivity index (χ0n) is 6.19. The molecule has 0 bridgehead atoms. The van der Waals surface area contributed by atoms with Crippen LogP contribution in [-0.2, 0) is 0 Å². The standard InChI is InChI=1S/C4H2F6N4/c5-3(6,7)1-11-13-2(14-12-1)4(8,9)10/h1,11H. The monoisotopic (exact) mass is 220 g/mol. The normalized spacial score (nSPS) is 23.0. The van der Waals surface area contributed by atoms with Crippen molar-refractivity contribution in [2.45, 2.75) is 18.5 Å². The van der Waals surface area contributed by atoms with Gasteiger partial charge in [-0.3, -0.25) is 5.43 Å². The molecule has 1 rings (SSSR count). The minimum absolute atomic E-state index is 1.20. The fourth-order valence-electron chi connectivity index (χ4n) is 0.542. The fourth-order valence-corrected chi connectivity index (χ4v) is 0.542. The van der Waals surface area contributed by atoms with Gasteiger partial charge in [-0.2, -0.15) is 36.6 Å². The summed E-state index contributed by atoms with van der Waals surface area (Å²) in [4.78, 5) is 0. The topological polar surface area (TPSA) is 49.1 Å². The Labute approximate surface area is 72.7 Å². The summed E-state index contributed by atoms with van der Waals surface area (Å²) in [5, 5.41) is 7.11. The van der Waals surface area contributed by atoms with Crippen LogP contribution in [0.1, 0.15) is 0 Å². The number of halogens is 6. The second kappa shape index (κ2) is 3.10. The van der Waals surface area contributed by atoms with Crippen LogP contribution < -0.4 is 5.43 Å². The average Bonchev–Trinajstić information content (AvgIpc) is 2.01. The molecule has 0 fully saturated rings. The molecular formula is C4H2F6N4. The molecular weight excluding hydrogens is 218 g/mol. The number of hydrogen-bond acceptors (Lipinski definition) is 4. The molecule has 0 saturated carbocycles. The molecule has 80 valence electrons. The lowest BCUT2D eigenvalue weighted by Crippen LogP contribution is -2.41. The van der Waals surface area contributed by atoms with Gasteiger partial charge in [0.15, 0.2) is 0 Å². The number of azo groups is 1. The van der Waals surface area contributed by atoms with Crippen LogP contribution in [0.25, 0.3) is 0 Å². The summed E-state index contributed by atoms with van der Waals surface area (Å²) in [5.74, 6) is -1.74. The SMILES string of the molecule is FC(F)(F)C1=NNC(C(F)(F)F)N=N1. The lowest BCUT2D eigenvalue weighted by molar-refractivity contribution is -0.156. The molecule has 1 N–H and O–H groups in total. The predicted octanol–water partition coefficient (Wildman–Crippen LogP) is 1.81. The van der Waals surface area contributed by atoms with Crippen molar-refractivity contribution in [3.8, 4) is 0 Å². The number of alkyl halides is 6. The van der Waals surface area contributed by atoms with E-state index < -0.39 is 24.4 Å². The Morgan fingerprint density at radius 1 is 1.07 bits per heavy atom. The second-order valence-electron chi connectivity index (χ2n) is 2.22. The predicted molar refractivity (Wildman–Crippen MR) is 31.3 cm³/mol.